The van der Waals surface area contributed by atoms with Crippen LogP contribution < -0.4 is 10.6 Å². The van der Waals surface area contributed by atoms with Crippen LogP contribution in [0.15, 0.2) is 72.8 Å². The molecule has 2 amide bonds. The van der Waals surface area contributed by atoms with Gasteiger partial charge in [-0.05, 0) is 48.6 Å². The van der Waals surface area contributed by atoms with Crippen molar-refractivity contribution in [2.75, 3.05) is 6.61 Å². The quantitative estimate of drug-likeness (QED) is 0.488. The van der Waals surface area contributed by atoms with Crippen molar-refractivity contribution in [3.63, 3.8) is 0 Å². The Balaban J connectivity index is 1.31. The number of carbonyl (C=O) groups is 2. The van der Waals surface area contributed by atoms with Crippen LogP contribution in [-0.4, -0.2) is 35.8 Å². The summed E-state index contributed by atoms with van der Waals surface area (Å²) in [6.45, 7) is 5.46. The van der Waals surface area contributed by atoms with Crippen LogP contribution in [0.25, 0.3) is 11.1 Å². The lowest BCUT2D eigenvalue weighted by molar-refractivity contribution is -0.124. The normalized spacial score (nSPS) is 14.9. The van der Waals surface area contributed by atoms with Crippen molar-refractivity contribution in [1.82, 2.24) is 10.6 Å². The van der Waals surface area contributed by atoms with E-state index in [9.17, 15) is 14.7 Å². The molecule has 0 unspecified atom stereocenters. The summed E-state index contributed by atoms with van der Waals surface area (Å²) in [7, 11) is 0. The summed E-state index contributed by atoms with van der Waals surface area (Å²) in [6.07, 6.45) is -1.51. The molecule has 0 heterocycles. The second kappa shape index (κ2) is 10.1. The molecule has 0 aliphatic heterocycles. The minimum absolute atomic E-state index is 0.0491. The lowest BCUT2D eigenvalue weighted by Gasteiger charge is -2.23. The van der Waals surface area contributed by atoms with Crippen LogP contribution >= 0.6 is 0 Å². The van der Waals surface area contributed by atoms with E-state index in [1.54, 1.807) is 13.8 Å². The number of carbonyl (C=O) groups excluding carboxylic acids is 2. The van der Waals surface area contributed by atoms with Gasteiger partial charge in [0.2, 0.25) is 5.91 Å². The smallest absolute Gasteiger partial charge is 0.407 e. The molecule has 6 heteroatoms. The number of aliphatic hydroxyl groups excluding tert-OH is 1. The Kier molecular flexibility index (Phi) is 6.98. The van der Waals surface area contributed by atoms with Gasteiger partial charge in [-0.3, -0.25) is 4.79 Å². The highest BCUT2D eigenvalue weighted by Gasteiger charge is 2.29. The Bertz CT molecular complexity index is 1130. The summed E-state index contributed by atoms with van der Waals surface area (Å²) in [5, 5.41) is 15.9. The van der Waals surface area contributed by atoms with Gasteiger partial charge in [-0.25, -0.2) is 4.79 Å². The summed E-state index contributed by atoms with van der Waals surface area (Å²) < 4.78 is 5.51. The Labute approximate surface area is 200 Å². The number of amides is 2. The first-order chi connectivity index (χ1) is 16.3. The fourth-order valence-electron chi connectivity index (χ4n) is 4.36. The molecule has 0 radical (unpaired) electrons. The van der Waals surface area contributed by atoms with Crippen molar-refractivity contribution >= 4 is 12.0 Å². The number of aryl methyl sites for hydroxylation is 1. The van der Waals surface area contributed by atoms with Gasteiger partial charge < -0.3 is 20.5 Å². The molecular weight excluding hydrogens is 428 g/mol. The zero-order valence-corrected chi connectivity index (χ0v) is 19.6. The zero-order chi connectivity index (χ0) is 24.2. The maximum atomic E-state index is 12.6. The van der Waals surface area contributed by atoms with Gasteiger partial charge in [-0.15, -0.1) is 0 Å². The van der Waals surface area contributed by atoms with E-state index in [4.69, 9.17) is 4.74 Å². The fraction of sp³-hybridized carbons (Fsp3) is 0.286. The summed E-state index contributed by atoms with van der Waals surface area (Å²) in [6, 6.07) is 22.4. The van der Waals surface area contributed by atoms with E-state index in [0.29, 0.717) is 0 Å². The monoisotopic (exact) mass is 458 g/mol. The highest BCUT2D eigenvalue weighted by atomic mass is 16.5. The molecule has 3 atom stereocenters. The largest absolute Gasteiger partial charge is 0.449 e. The maximum Gasteiger partial charge on any atom is 0.407 e. The Morgan fingerprint density at radius 3 is 2.03 bits per heavy atom. The molecule has 3 N–H and O–H groups in total. The van der Waals surface area contributed by atoms with Gasteiger partial charge in [0.15, 0.2) is 0 Å². The predicted molar refractivity (Wildman–Crippen MR) is 131 cm³/mol. The number of fused-ring (bicyclic) bond motifs is 3. The van der Waals surface area contributed by atoms with E-state index in [0.717, 1.165) is 33.4 Å². The highest BCUT2D eigenvalue weighted by molar-refractivity contribution is 5.85. The molecule has 1 aliphatic carbocycles. The fourth-order valence-corrected chi connectivity index (χ4v) is 4.36. The van der Waals surface area contributed by atoms with Crippen LogP contribution in [0, 0.1) is 6.92 Å². The van der Waals surface area contributed by atoms with Gasteiger partial charge in [-0.1, -0.05) is 78.4 Å². The molecule has 0 spiro atoms. The molecule has 34 heavy (non-hydrogen) atoms. The molecule has 0 saturated carbocycles. The van der Waals surface area contributed by atoms with Gasteiger partial charge in [0.1, 0.15) is 12.6 Å². The third-order valence-electron chi connectivity index (χ3n) is 6.33. The SMILES string of the molecule is Cc1ccc([C@H](O)[C@H](C)NC(=O)[C@H](C)NC(=O)OCC2c3ccccc3-c3ccccc32)cc1. The average Bonchev–Trinajstić information content (AvgIpc) is 3.16. The van der Waals surface area contributed by atoms with Crippen LogP contribution in [0.4, 0.5) is 4.79 Å². The summed E-state index contributed by atoms with van der Waals surface area (Å²) in [5.41, 5.74) is 6.37. The van der Waals surface area contributed by atoms with Crippen LogP contribution in [-0.2, 0) is 9.53 Å². The molecule has 3 aromatic rings. The molecule has 6 nitrogen and oxygen atoms in total. The summed E-state index contributed by atoms with van der Waals surface area (Å²) in [4.78, 5) is 25.0. The maximum absolute atomic E-state index is 12.6. The number of aliphatic hydroxyl groups is 1. The molecule has 1 aliphatic rings. The first-order valence-corrected chi connectivity index (χ1v) is 11.5. The number of nitrogens with one attached hydrogen (secondary N) is 2. The van der Waals surface area contributed by atoms with Crippen molar-refractivity contribution < 1.29 is 19.4 Å². The van der Waals surface area contributed by atoms with Gasteiger partial charge in [0, 0.05) is 5.92 Å². The van der Waals surface area contributed by atoms with Crippen LogP contribution in [0.1, 0.15) is 48.1 Å². The molecule has 0 aromatic heterocycles. The molecule has 176 valence electrons. The Morgan fingerprint density at radius 2 is 1.44 bits per heavy atom. The topological polar surface area (TPSA) is 87.7 Å². The highest BCUT2D eigenvalue weighted by Crippen LogP contribution is 2.44. The number of alkyl carbamates (subject to hydrolysis) is 1. The van der Waals surface area contributed by atoms with Gasteiger partial charge in [0.25, 0.3) is 0 Å². The zero-order valence-electron chi connectivity index (χ0n) is 19.6. The second-order valence-corrected chi connectivity index (χ2v) is 8.84. The lowest BCUT2D eigenvalue weighted by atomic mass is 9.98. The van der Waals surface area contributed by atoms with Gasteiger partial charge in [0.05, 0.1) is 12.1 Å². The molecule has 0 bridgehead atoms. The number of benzene rings is 3. The molecule has 3 aromatic carbocycles. The van der Waals surface area contributed by atoms with E-state index in [1.807, 2.05) is 55.5 Å². The summed E-state index contributed by atoms with van der Waals surface area (Å²) >= 11 is 0. The first kappa shape index (κ1) is 23.5. The number of hydrogen-bond acceptors (Lipinski definition) is 4. The van der Waals surface area contributed by atoms with Crippen molar-refractivity contribution in [1.29, 1.82) is 0 Å². The first-order valence-electron chi connectivity index (χ1n) is 11.5. The predicted octanol–water partition coefficient (Wildman–Crippen LogP) is 4.46. The Hall–Kier alpha value is -3.64. The van der Waals surface area contributed by atoms with Gasteiger partial charge in [-0.2, -0.15) is 0 Å². The number of rotatable bonds is 7. The number of hydrogen-bond donors (Lipinski definition) is 3. The van der Waals surface area contributed by atoms with Crippen LogP contribution in [0.3, 0.4) is 0 Å². The van der Waals surface area contributed by atoms with Crippen molar-refractivity contribution in [3.05, 3.63) is 95.1 Å². The van der Waals surface area contributed by atoms with Crippen molar-refractivity contribution in [2.45, 2.75) is 44.9 Å². The van der Waals surface area contributed by atoms with Gasteiger partial charge >= 0.3 is 6.09 Å². The minimum Gasteiger partial charge on any atom is -0.449 e. The van der Waals surface area contributed by atoms with E-state index >= 15 is 0 Å². The van der Waals surface area contributed by atoms with Crippen LogP contribution in [0.5, 0.6) is 0 Å². The average molecular weight is 459 g/mol. The van der Waals surface area contributed by atoms with E-state index in [-0.39, 0.29) is 12.5 Å². The third kappa shape index (κ3) is 4.97. The van der Waals surface area contributed by atoms with Crippen molar-refractivity contribution in [3.8, 4) is 11.1 Å². The molecular formula is C28H30N2O4. The number of ether oxygens (including phenoxy) is 1. The third-order valence-corrected chi connectivity index (χ3v) is 6.33. The summed E-state index contributed by atoms with van der Waals surface area (Å²) in [5.74, 6) is -0.445. The van der Waals surface area contributed by atoms with E-state index < -0.39 is 30.2 Å². The Morgan fingerprint density at radius 1 is 0.882 bits per heavy atom. The van der Waals surface area contributed by atoms with Crippen molar-refractivity contribution in [2.24, 2.45) is 0 Å². The van der Waals surface area contributed by atoms with Crippen LogP contribution in [0.2, 0.25) is 0 Å². The molecule has 0 saturated heterocycles. The molecule has 4 rings (SSSR count). The molecule has 0 fully saturated rings. The van der Waals surface area contributed by atoms with E-state index in [2.05, 4.69) is 34.9 Å². The second-order valence-electron chi connectivity index (χ2n) is 8.84. The van der Waals surface area contributed by atoms with E-state index in [1.165, 1.54) is 0 Å². The minimum atomic E-state index is -0.855. The lowest BCUT2D eigenvalue weighted by Crippen LogP contribution is -2.49. The standard InChI is InChI=1S/C28H30N2O4/c1-17-12-14-20(15-13-17)26(31)18(2)29-27(32)19(3)30-28(33)34-16-25-23-10-6-4-8-21(23)22-9-5-7-11-24(22)25/h4-15,18-19,25-26,31H,16H2,1-3H3,(H,29,32)(H,30,33)/t18-,19-,26+/m0/s1.